The van der Waals surface area contributed by atoms with Crippen molar-refractivity contribution in [3.63, 3.8) is 0 Å². The topological polar surface area (TPSA) is 38.8 Å². The van der Waals surface area contributed by atoms with Crippen LogP contribution in [0.1, 0.15) is 51.5 Å². The fourth-order valence-electron chi connectivity index (χ4n) is 3.46. The molecule has 24 heavy (non-hydrogen) atoms. The van der Waals surface area contributed by atoms with Crippen LogP contribution in [-0.4, -0.2) is 42.4 Å². The van der Waals surface area contributed by atoms with Crippen LogP contribution in [0.3, 0.4) is 0 Å². The minimum atomic E-state index is -0.443. The van der Waals surface area contributed by atoms with Gasteiger partial charge < -0.3 is 14.4 Å². The van der Waals surface area contributed by atoms with Gasteiger partial charge in [0.2, 0.25) is 0 Å². The highest BCUT2D eigenvalue weighted by atomic mass is 16.6. The summed E-state index contributed by atoms with van der Waals surface area (Å²) in [5.74, 6) is 1.49. The number of carbonyl (C=O) groups is 1. The Hall–Kier alpha value is -1.55. The first-order valence-electron chi connectivity index (χ1n) is 9.07. The number of hydrogen-bond donors (Lipinski definition) is 0. The summed E-state index contributed by atoms with van der Waals surface area (Å²) in [5, 5.41) is 0. The summed E-state index contributed by atoms with van der Waals surface area (Å²) in [6.45, 7) is 7.59. The van der Waals surface area contributed by atoms with Crippen LogP contribution in [0.4, 0.5) is 4.79 Å². The van der Waals surface area contributed by atoms with E-state index in [2.05, 4.69) is 30.3 Å². The van der Waals surface area contributed by atoms with Gasteiger partial charge in [-0.3, -0.25) is 0 Å². The van der Waals surface area contributed by atoms with Gasteiger partial charge >= 0.3 is 6.09 Å². The molecule has 2 fully saturated rings. The maximum absolute atomic E-state index is 12.2. The van der Waals surface area contributed by atoms with Crippen molar-refractivity contribution >= 4 is 6.09 Å². The van der Waals surface area contributed by atoms with Crippen molar-refractivity contribution < 1.29 is 14.3 Å². The number of amides is 1. The molecule has 0 spiro atoms. The molecule has 2 aliphatic rings. The fourth-order valence-corrected chi connectivity index (χ4v) is 3.46. The SMILES string of the molecule is CC(C)(C)OC(=O)N1CCOC(CC[C@H]2CC2c2ccccc2)C1. The third-order valence-electron chi connectivity index (χ3n) is 4.80. The Balaban J connectivity index is 1.43. The number of ether oxygens (including phenoxy) is 2. The lowest BCUT2D eigenvalue weighted by molar-refractivity contribution is -0.0454. The van der Waals surface area contributed by atoms with Crippen LogP contribution >= 0.6 is 0 Å². The van der Waals surface area contributed by atoms with E-state index in [4.69, 9.17) is 9.47 Å². The third kappa shape index (κ3) is 4.73. The number of morpholine rings is 1. The number of rotatable bonds is 4. The zero-order valence-corrected chi connectivity index (χ0v) is 15.0. The van der Waals surface area contributed by atoms with Crippen LogP contribution in [-0.2, 0) is 9.47 Å². The molecule has 4 nitrogen and oxygen atoms in total. The van der Waals surface area contributed by atoms with Crippen molar-refractivity contribution in [2.45, 2.75) is 57.7 Å². The molecular formula is C20H29NO3. The Labute approximate surface area is 145 Å². The summed E-state index contributed by atoms with van der Waals surface area (Å²) in [7, 11) is 0. The van der Waals surface area contributed by atoms with E-state index in [1.54, 1.807) is 4.90 Å². The number of nitrogens with zero attached hydrogens (tertiary/aromatic N) is 1. The predicted octanol–water partition coefficient (Wildman–Crippen LogP) is 4.21. The highest BCUT2D eigenvalue weighted by Crippen LogP contribution is 2.50. The van der Waals surface area contributed by atoms with Gasteiger partial charge in [-0.25, -0.2) is 4.79 Å². The quantitative estimate of drug-likeness (QED) is 0.830. The highest BCUT2D eigenvalue weighted by Gasteiger charge is 2.38. The van der Waals surface area contributed by atoms with Crippen molar-refractivity contribution in [2.75, 3.05) is 19.7 Å². The lowest BCUT2D eigenvalue weighted by Crippen LogP contribution is -2.47. The molecule has 1 amide bonds. The molecule has 0 radical (unpaired) electrons. The summed E-state index contributed by atoms with van der Waals surface area (Å²) in [6.07, 6.45) is 3.40. The monoisotopic (exact) mass is 331 g/mol. The van der Waals surface area contributed by atoms with Crippen molar-refractivity contribution in [1.82, 2.24) is 4.90 Å². The van der Waals surface area contributed by atoms with Crippen LogP contribution in [0.25, 0.3) is 0 Å². The molecule has 1 aromatic rings. The average Bonchev–Trinajstić information content (AvgIpc) is 3.32. The van der Waals surface area contributed by atoms with E-state index in [1.165, 1.54) is 18.4 Å². The van der Waals surface area contributed by atoms with Crippen molar-refractivity contribution in [3.05, 3.63) is 35.9 Å². The average molecular weight is 331 g/mol. The number of benzene rings is 1. The lowest BCUT2D eigenvalue weighted by atomic mass is 10.0. The van der Waals surface area contributed by atoms with Crippen molar-refractivity contribution in [2.24, 2.45) is 5.92 Å². The molecule has 1 aliphatic carbocycles. The predicted molar refractivity (Wildman–Crippen MR) is 94.1 cm³/mol. The summed E-state index contributed by atoms with van der Waals surface area (Å²) in [5.41, 5.74) is 1.02. The van der Waals surface area contributed by atoms with Crippen molar-refractivity contribution in [3.8, 4) is 0 Å². The Bertz CT molecular complexity index is 552. The molecule has 4 heteroatoms. The van der Waals surface area contributed by atoms with E-state index < -0.39 is 5.60 Å². The molecule has 1 aliphatic heterocycles. The molecule has 1 saturated heterocycles. The second kappa shape index (κ2) is 7.14. The van der Waals surface area contributed by atoms with Crippen LogP contribution in [0.2, 0.25) is 0 Å². The van der Waals surface area contributed by atoms with Gasteiger partial charge in [0.15, 0.2) is 0 Å². The number of carbonyl (C=O) groups excluding carboxylic acids is 1. The first kappa shape index (κ1) is 17.3. The van der Waals surface area contributed by atoms with Gasteiger partial charge in [-0.2, -0.15) is 0 Å². The molecule has 132 valence electrons. The van der Waals surface area contributed by atoms with Crippen molar-refractivity contribution in [1.29, 1.82) is 0 Å². The molecule has 2 unspecified atom stereocenters. The zero-order chi connectivity index (χ0) is 17.2. The second-order valence-electron chi connectivity index (χ2n) is 8.01. The minimum Gasteiger partial charge on any atom is -0.444 e. The molecule has 1 aromatic carbocycles. The summed E-state index contributed by atoms with van der Waals surface area (Å²) in [4.78, 5) is 14.0. The highest BCUT2D eigenvalue weighted by molar-refractivity contribution is 5.68. The molecule has 1 saturated carbocycles. The molecule has 0 aromatic heterocycles. The Kier molecular flexibility index (Phi) is 5.14. The van der Waals surface area contributed by atoms with E-state index in [1.807, 2.05) is 20.8 Å². The Morgan fingerprint density at radius 1 is 1.25 bits per heavy atom. The Morgan fingerprint density at radius 3 is 2.71 bits per heavy atom. The Morgan fingerprint density at radius 2 is 2.00 bits per heavy atom. The summed E-state index contributed by atoms with van der Waals surface area (Å²) < 4.78 is 11.3. The second-order valence-corrected chi connectivity index (χ2v) is 8.01. The maximum Gasteiger partial charge on any atom is 0.410 e. The van der Waals surface area contributed by atoms with E-state index in [9.17, 15) is 4.79 Å². The first-order valence-corrected chi connectivity index (χ1v) is 9.07. The smallest absolute Gasteiger partial charge is 0.410 e. The van der Waals surface area contributed by atoms with Gasteiger partial charge in [-0.05, 0) is 57.4 Å². The van der Waals surface area contributed by atoms with Crippen LogP contribution in [0.15, 0.2) is 30.3 Å². The van der Waals surface area contributed by atoms with Crippen LogP contribution < -0.4 is 0 Å². The van der Waals surface area contributed by atoms with E-state index in [0.29, 0.717) is 19.7 Å². The first-order chi connectivity index (χ1) is 11.4. The fraction of sp³-hybridized carbons (Fsp3) is 0.650. The molecular weight excluding hydrogens is 302 g/mol. The van der Waals surface area contributed by atoms with E-state index in [-0.39, 0.29) is 12.2 Å². The van der Waals surface area contributed by atoms with Gasteiger partial charge in [-0.15, -0.1) is 0 Å². The third-order valence-corrected chi connectivity index (χ3v) is 4.80. The van der Waals surface area contributed by atoms with E-state index in [0.717, 1.165) is 18.3 Å². The summed E-state index contributed by atoms with van der Waals surface area (Å²) in [6, 6.07) is 10.8. The molecule has 0 bridgehead atoms. The minimum absolute atomic E-state index is 0.142. The molecule has 3 atom stereocenters. The molecule has 1 heterocycles. The maximum atomic E-state index is 12.2. The van der Waals surface area contributed by atoms with E-state index >= 15 is 0 Å². The van der Waals surface area contributed by atoms with Gasteiger partial charge in [0, 0.05) is 6.54 Å². The lowest BCUT2D eigenvalue weighted by Gasteiger charge is -2.34. The standard InChI is InChI=1S/C20H29NO3/c1-20(2,3)24-19(22)21-11-12-23-17(14-21)10-9-16-13-18(16)15-7-5-4-6-8-15/h4-8,16-18H,9-14H2,1-3H3/t16-,17?,18?/m0/s1. The number of hydrogen-bond acceptors (Lipinski definition) is 3. The summed E-state index contributed by atoms with van der Waals surface area (Å²) >= 11 is 0. The van der Waals surface area contributed by atoms with Crippen LogP contribution in [0, 0.1) is 5.92 Å². The van der Waals surface area contributed by atoms with Gasteiger partial charge in [-0.1, -0.05) is 30.3 Å². The van der Waals surface area contributed by atoms with Gasteiger partial charge in [0.25, 0.3) is 0 Å². The molecule has 3 rings (SSSR count). The largest absolute Gasteiger partial charge is 0.444 e. The zero-order valence-electron chi connectivity index (χ0n) is 15.0. The molecule has 0 N–H and O–H groups in total. The van der Waals surface area contributed by atoms with Gasteiger partial charge in [0.05, 0.1) is 19.3 Å². The van der Waals surface area contributed by atoms with Crippen LogP contribution in [0.5, 0.6) is 0 Å². The van der Waals surface area contributed by atoms with Gasteiger partial charge in [0.1, 0.15) is 5.60 Å². The normalized spacial score (nSPS) is 27.0.